The Hall–Kier alpha value is -2.08. The van der Waals surface area contributed by atoms with Crippen LogP contribution in [0.5, 0.6) is 0 Å². The molecule has 0 spiro atoms. The van der Waals surface area contributed by atoms with Gasteiger partial charge in [0.15, 0.2) is 5.84 Å². The van der Waals surface area contributed by atoms with Crippen LogP contribution in [-0.4, -0.2) is 76.9 Å². The summed E-state index contributed by atoms with van der Waals surface area (Å²) >= 11 is 0. The highest BCUT2D eigenvalue weighted by atomic mass is 19.1. The first-order valence-electron chi connectivity index (χ1n) is 9.57. The quantitative estimate of drug-likeness (QED) is 0.572. The van der Waals surface area contributed by atoms with Crippen LogP contribution in [0.4, 0.5) is 10.1 Å². The number of halogens is 1. The lowest BCUT2D eigenvalue weighted by Crippen LogP contribution is -2.54. The lowest BCUT2D eigenvalue weighted by molar-refractivity contribution is -0.360. The standard InChI is InChI=1S/C20H25FN5/c1-12-8-13-9-17-19(24(17)2)18(22)20(23-16(13)10-15(12)21)26-7-6-25-5-3-4-14(25)11-26/h8,10,14,17,19,22H,2-7,9,11H2,1H3/q+1. The van der Waals surface area contributed by atoms with E-state index in [0.717, 1.165) is 37.5 Å². The van der Waals surface area contributed by atoms with Crippen molar-refractivity contribution in [1.29, 1.82) is 5.41 Å². The number of nitrogens with one attached hydrogen (secondary N) is 1. The predicted molar refractivity (Wildman–Crippen MR) is 101 cm³/mol. The molecule has 0 radical (unpaired) electrons. The molecule has 0 aliphatic carbocycles. The summed E-state index contributed by atoms with van der Waals surface area (Å²) in [6, 6.07) is 4.28. The molecule has 1 aromatic rings. The number of amidine groups is 1. The molecule has 0 saturated carbocycles. The molecule has 3 unspecified atom stereocenters. The summed E-state index contributed by atoms with van der Waals surface area (Å²) in [6.45, 7) is 9.92. The molecule has 5 rings (SSSR count). The molecular formula is C20H25FN5+. The van der Waals surface area contributed by atoms with Crippen molar-refractivity contribution in [3.63, 3.8) is 0 Å². The SMILES string of the molecule is C=[N+]1C2Cc3cc(C)c(F)cc3N=C(N3CCN4CCCC4C3)C(=N)C21. The summed E-state index contributed by atoms with van der Waals surface area (Å²) in [5.41, 5.74) is 2.95. The maximum Gasteiger partial charge on any atom is 0.259 e. The summed E-state index contributed by atoms with van der Waals surface area (Å²) in [4.78, 5) is 9.64. The zero-order chi connectivity index (χ0) is 18.0. The molecule has 3 saturated heterocycles. The van der Waals surface area contributed by atoms with E-state index in [1.165, 1.54) is 19.4 Å². The van der Waals surface area contributed by atoms with Gasteiger partial charge in [-0.25, -0.2) is 14.0 Å². The van der Waals surface area contributed by atoms with Gasteiger partial charge in [-0.05, 0) is 37.4 Å². The summed E-state index contributed by atoms with van der Waals surface area (Å²) < 4.78 is 16.2. The molecule has 26 heavy (non-hydrogen) atoms. The number of nitrogens with zero attached hydrogens (tertiary/aromatic N) is 4. The maximum atomic E-state index is 14.2. The van der Waals surface area contributed by atoms with Gasteiger partial charge in [-0.3, -0.25) is 10.3 Å². The third-order valence-corrected chi connectivity index (χ3v) is 6.50. The first-order chi connectivity index (χ1) is 12.5. The van der Waals surface area contributed by atoms with Crippen LogP contribution >= 0.6 is 0 Å². The molecule has 6 heteroatoms. The summed E-state index contributed by atoms with van der Waals surface area (Å²) in [7, 11) is 0. The van der Waals surface area contributed by atoms with E-state index in [1.54, 1.807) is 13.0 Å². The minimum absolute atomic E-state index is 0.0360. The second kappa shape index (κ2) is 5.71. The predicted octanol–water partition coefficient (Wildman–Crippen LogP) is 1.98. The second-order valence-corrected chi connectivity index (χ2v) is 8.09. The Morgan fingerprint density at radius 2 is 2.15 bits per heavy atom. The van der Waals surface area contributed by atoms with Crippen molar-refractivity contribution in [3.05, 3.63) is 29.1 Å². The molecular weight excluding hydrogens is 329 g/mol. The van der Waals surface area contributed by atoms with Gasteiger partial charge in [-0.15, -0.1) is 0 Å². The van der Waals surface area contributed by atoms with E-state index in [4.69, 9.17) is 10.4 Å². The number of aryl methyl sites for hydroxylation is 1. The third kappa shape index (κ3) is 2.42. The van der Waals surface area contributed by atoms with Gasteiger partial charge in [0.05, 0.1) is 5.69 Å². The summed E-state index contributed by atoms with van der Waals surface area (Å²) in [5.74, 6) is 0.500. The Morgan fingerprint density at radius 1 is 1.31 bits per heavy atom. The molecule has 3 atom stereocenters. The average molecular weight is 354 g/mol. The Morgan fingerprint density at radius 3 is 3.00 bits per heavy atom. The maximum absolute atomic E-state index is 14.2. The smallest absolute Gasteiger partial charge is 0.259 e. The Bertz CT molecular complexity index is 845. The van der Waals surface area contributed by atoms with E-state index < -0.39 is 0 Å². The highest BCUT2D eigenvalue weighted by Crippen LogP contribution is 2.35. The van der Waals surface area contributed by atoms with Crippen LogP contribution in [0, 0.1) is 18.2 Å². The molecule has 5 nitrogen and oxygen atoms in total. The van der Waals surface area contributed by atoms with Gasteiger partial charge in [-0.1, -0.05) is 6.07 Å². The zero-order valence-corrected chi connectivity index (χ0v) is 15.2. The molecule has 4 aliphatic rings. The molecule has 136 valence electrons. The summed E-state index contributed by atoms with van der Waals surface area (Å²) in [6.07, 6.45) is 3.25. The Kier molecular flexibility index (Phi) is 3.54. The number of rotatable bonds is 0. The lowest BCUT2D eigenvalue weighted by atomic mass is 9.99. The minimum Gasteiger partial charge on any atom is -0.352 e. The molecule has 0 amide bonds. The van der Waals surface area contributed by atoms with Crippen LogP contribution in [0.3, 0.4) is 0 Å². The van der Waals surface area contributed by atoms with Crippen molar-refractivity contribution in [2.45, 2.75) is 44.3 Å². The van der Waals surface area contributed by atoms with Crippen molar-refractivity contribution in [1.82, 2.24) is 9.80 Å². The van der Waals surface area contributed by atoms with Gasteiger partial charge in [-0.2, -0.15) is 0 Å². The number of benzene rings is 1. The summed E-state index contributed by atoms with van der Waals surface area (Å²) in [5, 5.41) is 8.76. The normalized spacial score (nSPS) is 30.9. The zero-order valence-electron chi connectivity index (χ0n) is 15.2. The largest absolute Gasteiger partial charge is 0.352 e. The highest BCUT2D eigenvalue weighted by molar-refractivity contribution is 6.42. The van der Waals surface area contributed by atoms with E-state index in [0.29, 0.717) is 23.0 Å². The van der Waals surface area contributed by atoms with Crippen LogP contribution in [0.15, 0.2) is 17.1 Å². The van der Waals surface area contributed by atoms with Gasteiger partial charge in [0.25, 0.3) is 6.04 Å². The molecule has 4 heterocycles. The van der Waals surface area contributed by atoms with Crippen molar-refractivity contribution < 1.29 is 8.97 Å². The van der Waals surface area contributed by atoms with E-state index in [9.17, 15) is 4.39 Å². The van der Waals surface area contributed by atoms with Crippen LogP contribution in [0.25, 0.3) is 0 Å². The van der Waals surface area contributed by atoms with Crippen molar-refractivity contribution >= 4 is 24.0 Å². The molecule has 3 fully saturated rings. The van der Waals surface area contributed by atoms with Crippen LogP contribution in [0.1, 0.15) is 24.0 Å². The number of fused-ring (bicyclic) bond motifs is 3. The number of hydrogen-bond acceptors (Lipinski definition) is 4. The van der Waals surface area contributed by atoms with E-state index in [2.05, 4.69) is 16.5 Å². The van der Waals surface area contributed by atoms with Gasteiger partial charge in [0, 0.05) is 38.2 Å². The average Bonchev–Trinajstić information content (AvgIpc) is 3.03. The fourth-order valence-electron chi connectivity index (χ4n) is 4.87. The van der Waals surface area contributed by atoms with Crippen LogP contribution < -0.4 is 0 Å². The van der Waals surface area contributed by atoms with Gasteiger partial charge >= 0.3 is 0 Å². The molecule has 4 aliphatic heterocycles. The van der Waals surface area contributed by atoms with Gasteiger partial charge in [0.1, 0.15) is 18.2 Å². The van der Waals surface area contributed by atoms with E-state index in [1.807, 2.05) is 10.6 Å². The molecule has 1 aromatic carbocycles. The Balaban J connectivity index is 1.56. The molecule has 1 N–H and O–H groups in total. The van der Waals surface area contributed by atoms with Crippen molar-refractivity contribution in [2.75, 3.05) is 26.2 Å². The van der Waals surface area contributed by atoms with Crippen LogP contribution in [-0.2, 0) is 6.42 Å². The fourth-order valence-corrected chi connectivity index (χ4v) is 4.87. The first-order valence-corrected chi connectivity index (χ1v) is 9.57. The topological polar surface area (TPSA) is 45.7 Å². The lowest BCUT2D eigenvalue weighted by Gasteiger charge is -2.39. The number of piperazine rings is 1. The van der Waals surface area contributed by atoms with E-state index in [-0.39, 0.29) is 17.9 Å². The van der Waals surface area contributed by atoms with Crippen molar-refractivity contribution in [2.24, 2.45) is 4.99 Å². The van der Waals surface area contributed by atoms with E-state index >= 15 is 0 Å². The Labute approximate surface area is 153 Å². The number of aliphatic imine (C=N–C) groups is 1. The van der Waals surface area contributed by atoms with Crippen LogP contribution in [0.2, 0.25) is 0 Å². The van der Waals surface area contributed by atoms with Gasteiger partial charge in [0.2, 0.25) is 6.04 Å². The van der Waals surface area contributed by atoms with Crippen molar-refractivity contribution in [3.8, 4) is 0 Å². The van der Waals surface area contributed by atoms with Gasteiger partial charge < -0.3 is 4.90 Å². The monoisotopic (exact) mass is 354 g/mol. The highest BCUT2D eigenvalue weighted by Gasteiger charge is 2.59. The second-order valence-electron chi connectivity index (χ2n) is 8.09. The first kappa shape index (κ1) is 16.1. The molecule has 0 aromatic heterocycles. The third-order valence-electron chi connectivity index (χ3n) is 6.50. The number of hydrogen-bond donors (Lipinski definition) is 1. The molecule has 0 bridgehead atoms. The fraction of sp³-hybridized carbons (Fsp3) is 0.550. The minimum atomic E-state index is -0.224.